The number of rotatable bonds is 0. The van der Waals surface area contributed by atoms with Gasteiger partial charge in [0.1, 0.15) is 0 Å². The number of hydrogen-bond donors (Lipinski definition) is 3. The zero-order chi connectivity index (χ0) is 8.78. The van der Waals surface area contributed by atoms with Crippen molar-refractivity contribution in [2.45, 2.75) is 0 Å². The van der Waals surface area contributed by atoms with Crippen LogP contribution in [-0.2, 0) is 15.1 Å². The van der Waals surface area contributed by atoms with Gasteiger partial charge in [-0.25, -0.2) is 4.79 Å². The number of hydrogen-bond acceptors (Lipinski definition) is 4. The summed E-state index contributed by atoms with van der Waals surface area (Å²) in [4.78, 5) is 9.37. The van der Waals surface area contributed by atoms with E-state index in [-0.39, 0.29) is 0 Å². The molecular weight excluding hydrogens is 166 g/mol. The summed E-state index contributed by atoms with van der Waals surface area (Å²) < 4.78 is 35.5. The molecule has 0 aromatic heterocycles. The molecule has 0 fully saturated rings. The first-order chi connectivity index (χ1) is 4.27. The van der Waals surface area contributed by atoms with Crippen LogP contribution in [0.4, 0.5) is 4.79 Å². The Kier molecular flexibility index (Phi) is 5.90. The van der Waals surface area contributed by atoms with Gasteiger partial charge in [0.15, 0.2) is 0 Å². The Hall–Kier alpha value is -0.860. The number of amides is 1. The van der Waals surface area contributed by atoms with E-state index < -0.39 is 16.5 Å². The molecule has 0 aliphatic carbocycles. The number of carbonyl (C=O) groups excluding carboxylic acids is 1. The molecule has 0 saturated heterocycles. The van der Waals surface area contributed by atoms with E-state index in [4.69, 9.17) is 17.5 Å². The van der Waals surface area contributed by atoms with Gasteiger partial charge in [0.05, 0.1) is 7.11 Å². The minimum Gasteiger partial charge on any atom is -0.453 e. The van der Waals surface area contributed by atoms with Crippen LogP contribution in [0, 0.1) is 0 Å². The molecule has 0 radical (unpaired) electrons. The summed E-state index contributed by atoms with van der Waals surface area (Å²) in [5.74, 6) is 0. The van der Waals surface area contributed by atoms with Gasteiger partial charge < -0.3 is 10.5 Å². The number of methoxy groups -OCH3 is 1. The first kappa shape index (κ1) is 11.9. The molecular formula is C2H7NO6S. The molecule has 4 N–H and O–H groups in total. The maximum absolute atomic E-state index is 9.37. The normalized spacial score (nSPS) is 9.10. The average Bonchev–Trinajstić information content (AvgIpc) is 1.61. The third-order valence-electron chi connectivity index (χ3n) is 0.201. The number of ether oxygens (including phenoxy) is 1. The van der Waals surface area contributed by atoms with Crippen LogP contribution in [0.15, 0.2) is 0 Å². The summed E-state index contributed by atoms with van der Waals surface area (Å²) in [5.41, 5.74) is 4.43. The fourth-order valence-electron chi connectivity index (χ4n) is 0. The molecule has 0 aromatic carbocycles. The summed E-state index contributed by atoms with van der Waals surface area (Å²) in [6, 6.07) is 0. The second-order valence-electron chi connectivity index (χ2n) is 0.971. The lowest BCUT2D eigenvalue weighted by Gasteiger charge is -1.81. The Balaban J connectivity index is 0. The Morgan fingerprint density at radius 1 is 1.50 bits per heavy atom. The van der Waals surface area contributed by atoms with Crippen LogP contribution in [0.5, 0.6) is 0 Å². The van der Waals surface area contributed by atoms with Crippen molar-refractivity contribution < 1.29 is 27.1 Å². The van der Waals surface area contributed by atoms with Crippen molar-refractivity contribution in [3.05, 3.63) is 0 Å². The fraction of sp³-hybridized carbons (Fsp3) is 0.500. The van der Waals surface area contributed by atoms with Crippen LogP contribution < -0.4 is 5.73 Å². The van der Waals surface area contributed by atoms with E-state index in [0.717, 1.165) is 0 Å². The topological polar surface area (TPSA) is 127 Å². The Labute approximate surface area is 57.4 Å². The molecule has 0 rings (SSSR count). The fourth-order valence-corrected chi connectivity index (χ4v) is 0. The van der Waals surface area contributed by atoms with Gasteiger partial charge in [-0.2, -0.15) is 8.42 Å². The van der Waals surface area contributed by atoms with Crippen molar-refractivity contribution in [2.75, 3.05) is 7.11 Å². The standard InChI is InChI=1S/C2H5NO2.H2O4S/c1-5-2(3)4;1-5(2,3)4/h1H3,(H2,3,4);(H2,1,2,3,4). The van der Waals surface area contributed by atoms with Crippen molar-refractivity contribution >= 4 is 16.5 Å². The van der Waals surface area contributed by atoms with Crippen molar-refractivity contribution in [1.29, 1.82) is 0 Å². The van der Waals surface area contributed by atoms with Gasteiger partial charge in [-0.1, -0.05) is 0 Å². The summed E-state index contributed by atoms with van der Waals surface area (Å²) in [5, 5.41) is 0. The third-order valence-corrected chi connectivity index (χ3v) is 0.201. The molecule has 0 aromatic rings. The van der Waals surface area contributed by atoms with Gasteiger partial charge in [0.25, 0.3) is 0 Å². The van der Waals surface area contributed by atoms with Crippen LogP contribution in [-0.4, -0.2) is 30.7 Å². The van der Waals surface area contributed by atoms with Crippen LogP contribution in [0.1, 0.15) is 0 Å². The largest absolute Gasteiger partial charge is 0.453 e. The predicted octanol–water partition coefficient (Wildman–Crippen LogP) is -0.941. The van der Waals surface area contributed by atoms with E-state index in [1.807, 2.05) is 0 Å². The first-order valence-corrected chi connectivity index (χ1v) is 3.20. The minimum atomic E-state index is -4.67. The smallest absolute Gasteiger partial charge is 0.404 e. The predicted molar refractivity (Wildman–Crippen MR) is 30.8 cm³/mol. The van der Waals surface area contributed by atoms with Gasteiger partial charge in [-0.05, 0) is 0 Å². The quantitative estimate of drug-likeness (QED) is 0.405. The first-order valence-electron chi connectivity index (χ1n) is 1.80. The Bertz CT molecular complexity index is 174. The molecule has 62 valence electrons. The molecule has 8 heteroatoms. The lowest BCUT2D eigenvalue weighted by Crippen LogP contribution is -2.08. The highest BCUT2D eigenvalue weighted by Gasteiger charge is 1.84. The second-order valence-corrected chi connectivity index (χ2v) is 1.87. The highest BCUT2D eigenvalue weighted by molar-refractivity contribution is 7.79. The lowest BCUT2D eigenvalue weighted by atomic mass is 11.3. The van der Waals surface area contributed by atoms with Crippen molar-refractivity contribution in [3.63, 3.8) is 0 Å². The third kappa shape index (κ3) is 207. The molecule has 0 saturated carbocycles. The highest BCUT2D eigenvalue weighted by Crippen LogP contribution is 1.59. The zero-order valence-corrected chi connectivity index (χ0v) is 5.83. The lowest BCUT2D eigenvalue weighted by molar-refractivity contribution is 0.182. The van der Waals surface area contributed by atoms with Gasteiger partial charge in [-0.15, -0.1) is 0 Å². The van der Waals surface area contributed by atoms with Gasteiger partial charge in [0.2, 0.25) is 0 Å². The summed E-state index contributed by atoms with van der Waals surface area (Å²) in [6.45, 7) is 0. The Morgan fingerprint density at radius 2 is 1.60 bits per heavy atom. The van der Waals surface area contributed by atoms with E-state index in [2.05, 4.69) is 10.5 Å². The molecule has 10 heavy (non-hydrogen) atoms. The van der Waals surface area contributed by atoms with Gasteiger partial charge >= 0.3 is 16.5 Å². The summed E-state index contributed by atoms with van der Waals surface area (Å²) in [6.07, 6.45) is -0.745. The molecule has 0 heterocycles. The number of primary amides is 1. The van der Waals surface area contributed by atoms with Crippen LogP contribution >= 0.6 is 0 Å². The maximum atomic E-state index is 9.37. The SMILES string of the molecule is COC(N)=O.O=S(=O)(O)O. The molecule has 0 aliphatic heterocycles. The molecule has 0 atom stereocenters. The maximum Gasteiger partial charge on any atom is 0.404 e. The highest BCUT2D eigenvalue weighted by atomic mass is 32.3. The zero-order valence-electron chi connectivity index (χ0n) is 5.01. The summed E-state index contributed by atoms with van der Waals surface area (Å²) >= 11 is 0. The molecule has 0 spiro atoms. The molecule has 0 aliphatic rings. The Morgan fingerprint density at radius 3 is 1.60 bits per heavy atom. The van der Waals surface area contributed by atoms with E-state index in [1.165, 1.54) is 7.11 Å². The molecule has 1 amide bonds. The van der Waals surface area contributed by atoms with Crippen LogP contribution in [0.25, 0.3) is 0 Å². The van der Waals surface area contributed by atoms with E-state index >= 15 is 0 Å². The van der Waals surface area contributed by atoms with Crippen molar-refractivity contribution in [2.24, 2.45) is 5.73 Å². The molecule has 0 bridgehead atoms. The number of carbonyl (C=O) groups is 1. The monoisotopic (exact) mass is 173 g/mol. The van der Waals surface area contributed by atoms with E-state index in [0.29, 0.717) is 0 Å². The molecule has 7 nitrogen and oxygen atoms in total. The van der Waals surface area contributed by atoms with Gasteiger partial charge in [0, 0.05) is 0 Å². The van der Waals surface area contributed by atoms with E-state index in [1.54, 1.807) is 0 Å². The van der Waals surface area contributed by atoms with Gasteiger partial charge in [-0.3, -0.25) is 9.11 Å². The average molecular weight is 173 g/mol. The van der Waals surface area contributed by atoms with Crippen molar-refractivity contribution in [3.8, 4) is 0 Å². The summed E-state index contributed by atoms with van der Waals surface area (Å²) in [7, 11) is -3.44. The second kappa shape index (κ2) is 4.97. The van der Waals surface area contributed by atoms with E-state index in [9.17, 15) is 4.79 Å². The molecule has 0 unspecified atom stereocenters. The van der Waals surface area contributed by atoms with Crippen LogP contribution in [0.3, 0.4) is 0 Å². The number of nitrogens with two attached hydrogens (primary N) is 1. The van der Waals surface area contributed by atoms with Crippen molar-refractivity contribution in [1.82, 2.24) is 0 Å². The van der Waals surface area contributed by atoms with Crippen LogP contribution in [0.2, 0.25) is 0 Å². The minimum absolute atomic E-state index is 0.745.